The Hall–Kier alpha value is -3.16. The Morgan fingerprint density at radius 2 is 1.89 bits per heavy atom. The van der Waals surface area contributed by atoms with E-state index in [2.05, 4.69) is 55.0 Å². The van der Waals surface area contributed by atoms with Crippen molar-refractivity contribution in [3.8, 4) is 28.4 Å². The first-order chi connectivity index (χ1) is 17.4. The molecular weight excluding hydrogens is 474 g/mol. The number of rotatable bonds is 12. The zero-order valence-electron chi connectivity index (χ0n) is 21.0. The molecule has 0 amide bonds. The summed E-state index contributed by atoms with van der Waals surface area (Å²) in [5, 5.41) is 9.09. The minimum absolute atomic E-state index is 0.0712. The molecule has 0 aliphatic carbocycles. The maximum Gasteiger partial charge on any atom is 0.304 e. The topological polar surface area (TPSA) is 77.0 Å². The third-order valence-corrected chi connectivity index (χ3v) is 7.00. The van der Waals surface area contributed by atoms with Gasteiger partial charge in [0.15, 0.2) is 0 Å². The average molecular weight is 508 g/mol. The Bertz CT molecular complexity index is 1190. The lowest BCUT2D eigenvalue weighted by Crippen LogP contribution is -2.07. The molecule has 1 atom stereocenters. The third kappa shape index (κ3) is 6.53. The molecule has 0 bridgehead atoms. The highest BCUT2D eigenvalue weighted by Crippen LogP contribution is 2.38. The van der Waals surface area contributed by atoms with Gasteiger partial charge in [-0.25, -0.2) is 0 Å². The van der Waals surface area contributed by atoms with Crippen LogP contribution in [0.2, 0.25) is 0 Å². The Balaban J connectivity index is 1.41. The summed E-state index contributed by atoms with van der Waals surface area (Å²) in [6.07, 6.45) is 1.06. The first-order valence-corrected chi connectivity index (χ1v) is 13.2. The summed E-state index contributed by atoms with van der Waals surface area (Å²) in [6.45, 7) is 5.77. The van der Waals surface area contributed by atoms with E-state index in [1.54, 1.807) is 11.9 Å². The largest absolute Gasteiger partial charge is 0.494 e. The molecule has 7 heteroatoms. The van der Waals surface area contributed by atoms with E-state index in [1.165, 1.54) is 16.7 Å². The molecular formula is C29H33NO5S. The summed E-state index contributed by atoms with van der Waals surface area (Å²) < 4.78 is 20.8. The average Bonchev–Trinajstić information content (AvgIpc) is 3.24. The van der Waals surface area contributed by atoms with Crippen molar-refractivity contribution in [1.82, 2.24) is 4.72 Å². The number of carboxylic acids is 1. The van der Waals surface area contributed by atoms with E-state index in [1.807, 2.05) is 25.2 Å². The van der Waals surface area contributed by atoms with E-state index in [0.717, 1.165) is 34.6 Å². The number of nitrogens with one attached hydrogen (secondary N) is 1. The molecule has 4 rings (SSSR count). The molecule has 1 aliphatic heterocycles. The summed E-state index contributed by atoms with van der Waals surface area (Å²) in [4.78, 5) is 11.1. The first-order valence-electron chi connectivity index (χ1n) is 12.2. The van der Waals surface area contributed by atoms with E-state index in [9.17, 15) is 4.79 Å². The van der Waals surface area contributed by atoms with Crippen molar-refractivity contribution < 1.29 is 24.1 Å². The second-order valence-corrected chi connectivity index (χ2v) is 10.1. The van der Waals surface area contributed by atoms with Crippen molar-refractivity contribution in [2.75, 3.05) is 26.0 Å². The minimum atomic E-state index is -0.816. The molecule has 0 spiro atoms. The van der Waals surface area contributed by atoms with E-state index in [-0.39, 0.29) is 12.3 Å². The summed E-state index contributed by atoms with van der Waals surface area (Å²) >= 11 is 1.69. The van der Waals surface area contributed by atoms with Crippen LogP contribution in [0.3, 0.4) is 0 Å². The molecule has 1 unspecified atom stereocenters. The predicted molar refractivity (Wildman–Crippen MR) is 144 cm³/mol. The SMILES string of the molecule is CNSCCCOc1cc(C)c(-c2cccc(COc3ccc4c(c3)OCC4CC(=O)O)c2)c(C)c1. The van der Waals surface area contributed by atoms with E-state index >= 15 is 0 Å². The van der Waals surface area contributed by atoms with Crippen molar-refractivity contribution in [1.29, 1.82) is 0 Å². The lowest BCUT2D eigenvalue weighted by atomic mass is 9.94. The Kier molecular flexibility index (Phi) is 8.78. The van der Waals surface area contributed by atoms with Crippen LogP contribution in [-0.4, -0.2) is 37.1 Å². The van der Waals surface area contributed by atoms with Gasteiger partial charge in [-0.2, -0.15) is 0 Å². The van der Waals surface area contributed by atoms with Crippen LogP contribution in [0.1, 0.15) is 41.0 Å². The lowest BCUT2D eigenvalue weighted by molar-refractivity contribution is -0.137. The molecule has 3 aromatic rings. The highest BCUT2D eigenvalue weighted by molar-refractivity contribution is 7.97. The number of benzene rings is 3. The lowest BCUT2D eigenvalue weighted by Gasteiger charge is -2.15. The summed E-state index contributed by atoms with van der Waals surface area (Å²) in [5.74, 6) is 2.42. The summed E-state index contributed by atoms with van der Waals surface area (Å²) in [7, 11) is 1.93. The van der Waals surface area contributed by atoms with E-state index in [0.29, 0.717) is 31.3 Å². The number of ether oxygens (including phenoxy) is 3. The highest BCUT2D eigenvalue weighted by atomic mass is 32.2. The molecule has 0 fully saturated rings. The number of aryl methyl sites for hydroxylation is 2. The molecule has 2 N–H and O–H groups in total. The molecule has 1 heterocycles. The van der Waals surface area contributed by atoms with Gasteiger partial charge < -0.3 is 19.3 Å². The Labute approximate surface area is 217 Å². The van der Waals surface area contributed by atoms with Gasteiger partial charge in [-0.1, -0.05) is 36.2 Å². The standard InChI is InChI=1S/C29H33NO5S/c1-19-12-25(33-10-5-11-36-30-3)13-20(2)29(19)22-7-4-6-21(14-22)17-34-24-8-9-26-23(15-28(31)32)18-35-27(26)16-24/h4,6-9,12-14,16,23,30H,5,10-11,15,17-18H2,1-3H3,(H,31,32). The van der Waals surface area contributed by atoms with Crippen LogP contribution < -0.4 is 18.9 Å². The zero-order chi connectivity index (χ0) is 25.5. The minimum Gasteiger partial charge on any atom is -0.494 e. The monoisotopic (exact) mass is 507 g/mol. The van der Waals surface area contributed by atoms with Crippen molar-refractivity contribution in [3.63, 3.8) is 0 Å². The second-order valence-electron chi connectivity index (χ2n) is 8.98. The summed E-state index contributed by atoms with van der Waals surface area (Å²) in [5.41, 5.74) is 6.72. The number of hydrogen-bond acceptors (Lipinski definition) is 6. The number of fused-ring (bicyclic) bond motifs is 1. The van der Waals surface area contributed by atoms with Gasteiger partial charge in [-0.05, 0) is 79.4 Å². The van der Waals surface area contributed by atoms with Crippen LogP contribution >= 0.6 is 11.9 Å². The van der Waals surface area contributed by atoms with Crippen LogP contribution in [0.25, 0.3) is 11.1 Å². The zero-order valence-corrected chi connectivity index (χ0v) is 21.8. The van der Waals surface area contributed by atoms with Crippen molar-refractivity contribution in [2.24, 2.45) is 0 Å². The molecule has 0 saturated carbocycles. The van der Waals surface area contributed by atoms with Gasteiger partial charge in [0, 0.05) is 23.3 Å². The molecule has 190 valence electrons. The van der Waals surface area contributed by atoms with Gasteiger partial charge in [0.05, 0.1) is 19.6 Å². The van der Waals surface area contributed by atoms with Crippen LogP contribution in [-0.2, 0) is 11.4 Å². The first kappa shape index (κ1) is 25.9. The number of carboxylic acid groups (broad SMARTS) is 1. The highest BCUT2D eigenvalue weighted by Gasteiger charge is 2.26. The molecule has 0 saturated heterocycles. The van der Waals surface area contributed by atoms with Crippen LogP contribution in [0, 0.1) is 13.8 Å². The molecule has 0 aromatic heterocycles. The van der Waals surface area contributed by atoms with Gasteiger partial charge in [-0.3, -0.25) is 9.52 Å². The van der Waals surface area contributed by atoms with Gasteiger partial charge in [0.1, 0.15) is 23.9 Å². The normalized spacial score (nSPS) is 14.2. The quantitative estimate of drug-likeness (QED) is 0.225. The number of aliphatic carboxylic acids is 1. The van der Waals surface area contributed by atoms with Gasteiger partial charge >= 0.3 is 5.97 Å². The Morgan fingerprint density at radius 3 is 2.64 bits per heavy atom. The third-order valence-electron chi connectivity index (χ3n) is 6.22. The molecule has 6 nitrogen and oxygen atoms in total. The smallest absolute Gasteiger partial charge is 0.304 e. The second kappa shape index (κ2) is 12.2. The van der Waals surface area contributed by atoms with Gasteiger partial charge in [0.25, 0.3) is 0 Å². The Morgan fingerprint density at radius 1 is 1.08 bits per heavy atom. The number of hydrogen-bond donors (Lipinski definition) is 2. The number of carbonyl (C=O) groups is 1. The van der Waals surface area contributed by atoms with Crippen LogP contribution in [0.4, 0.5) is 0 Å². The van der Waals surface area contributed by atoms with Crippen molar-refractivity contribution >= 4 is 17.9 Å². The fourth-order valence-corrected chi connectivity index (χ4v) is 5.06. The van der Waals surface area contributed by atoms with E-state index in [4.69, 9.17) is 19.3 Å². The molecule has 36 heavy (non-hydrogen) atoms. The molecule has 1 aliphatic rings. The maximum atomic E-state index is 11.1. The predicted octanol–water partition coefficient (Wildman–Crippen LogP) is 6.14. The van der Waals surface area contributed by atoms with Gasteiger partial charge in [0.2, 0.25) is 0 Å². The maximum absolute atomic E-state index is 11.1. The fourth-order valence-electron chi connectivity index (χ4n) is 4.60. The van der Waals surface area contributed by atoms with Crippen LogP contribution in [0.5, 0.6) is 17.2 Å². The van der Waals surface area contributed by atoms with Crippen LogP contribution in [0.15, 0.2) is 54.6 Å². The van der Waals surface area contributed by atoms with Crippen molar-refractivity contribution in [2.45, 2.75) is 39.2 Å². The molecule has 0 radical (unpaired) electrons. The van der Waals surface area contributed by atoms with Gasteiger partial charge in [-0.15, -0.1) is 0 Å². The van der Waals surface area contributed by atoms with Crippen molar-refractivity contribution in [3.05, 3.63) is 76.9 Å². The summed E-state index contributed by atoms with van der Waals surface area (Å²) in [6, 6.07) is 18.3. The molecule has 3 aromatic carbocycles. The van der Waals surface area contributed by atoms with E-state index < -0.39 is 5.97 Å². The fraction of sp³-hybridized carbons (Fsp3) is 0.345.